The molecule has 1 aromatic rings. The third-order valence-electron chi connectivity index (χ3n) is 3.56. The first kappa shape index (κ1) is 16.3. The average molecular weight is 310 g/mol. The third-order valence-corrected chi connectivity index (χ3v) is 4.54. The fraction of sp³-hybridized carbons (Fsp3) is 0.667. The zero-order valence-corrected chi connectivity index (χ0v) is 14.3. The quantitative estimate of drug-likeness (QED) is 0.624. The van der Waals surface area contributed by atoms with E-state index in [4.69, 9.17) is 9.73 Å². The van der Waals surface area contributed by atoms with E-state index < -0.39 is 0 Å². The Morgan fingerprint density at radius 2 is 1.95 bits per heavy atom. The van der Waals surface area contributed by atoms with Crippen LogP contribution in [0, 0.1) is 0 Å². The second-order valence-corrected chi connectivity index (χ2v) is 6.59. The minimum Gasteiger partial charge on any atom is -0.379 e. The number of ether oxygens (including phenoxy) is 1. The maximum atomic E-state index is 5.48. The van der Waals surface area contributed by atoms with Crippen LogP contribution in [0.1, 0.15) is 10.9 Å². The summed E-state index contributed by atoms with van der Waals surface area (Å²) in [4.78, 5) is 12.8. The Kier molecular flexibility index (Phi) is 6.02. The average Bonchev–Trinajstić information content (AvgIpc) is 2.97. The number of rotatable bonds is 4. The molecule has 1 aromatic heterocycles. The number of nitrogens with zero attached hydrogens (tertiary/aromatic N) is 4. The smallest absolute Gasteiger partial charge is 0.195 e. The first-order valence-electron chi connectivity index (χ1n) is 7.34. The molecule has 1 aliphatic rings. The van der Waals surface area contributed by atoms with Gasteiger partial charge in [-0.15, -0.1) is 11.3 Å². The summed E-state index contributed by atoms with van der Waals surface area (Å²) in [6.07, 6.45) is 0. The molecule has 1 fully saturated rings. The number of thiophene rings is 1. The van der Waals surface area contributed by atoms with Crippen LogP contribution < -0.4 is 0 Å². The maximum Gasteiger partial charge on any atom is 0.195 e. The number of aliphatic imine (C=N–C) groups is 1. The van der Waals surface area contributed by atoms with Crippen molar-refractivity contribution >= 4 is 17.3 Å². The summed E-state index contributed by atoms with van der Waals surface area (Å²) in [5.74, 6) is 1.00. The molecule has 0 N–H and O–H groups in total. The van der Waals surface area contributed by atoms with Gasteiger partial charge in [-0.3, -0.25) is 9.89 Å². The Bertz CT molecular complexity index is 429. The molecular formula is C15H26N4OS. The van der Waals surface area contributed by atoms with E-state index in [0.717, 1.165) is 38.8 Å². The van der Waals surface area contributed by atoms with E-state index in [9.17, 15) is 0 Å². The van der Waals surface area contributed by atoms with E-state index in [1.54, 1.807) is 0 Å². The molecule has 0 spiro atoms. The van der Waals surface area contributed by atoms with Crippen molar-refractivity contribution in [2.75, 3.05) is 61.0 Å². The topological polar surface area (TPSA) is 31.3 Å². The molecule has 0 aromatic carbocycles. The van der Waals surface area contributed by atoms with Gasteiger partial charge in [0.25, 0.3) is 0 Å². The van der Waals surface area contributed by atoms with Crippen LogP contribution in [0.4, 0.5) is 0 Å². The summed E-state index contributed by atoms with van der Waals surface area (Å²) < 4.78 is 5.48. The Hall–Kier alpha value is -1.11. The highest BCUT2D eigenvalue weighted by Gasteiger charge is 2.23. The molecule has 0 bridgehead atoms. The van der Waals surface area contributed by atoms with Gasteiger partial charge in [-0.2, -0.15) is 0 Å². The minimum absolute atomic E-state index is 0.351. The predicted molar refractivity (Wildman–Crippen MR) is 89.1 cm³/mol. The van der Waals surface area contributed by atoms with Crippen LogP contribution >= 0.6 is 11.3 Å². The fourth-order valence-corrected chi connectivity index (χ4v) is 3.46. The van der Waals surface area contributed by atoms with Gasteiger partial charge in [-0.25, -0.2) is 0 Å². The Morgan fingerprint density at radius 1 is 1.29 bits per heavy atom. The van der Waals surface area contributed by atoms with Crippen molar-refractivity contribution in [3.8, 4) is 0 Å². The fourth-order valence-electron chi connectivity index (χ4n) is 2.61. The van der Waals surface area contributed by atoms with Crippen LogP contribution in [0.3, 0.4) is 0 Å². The molecule has 0 aliphatic carbocycles. The summed E-state index contributed by atoms with van der Waals surface area (Å²) in [5, 5.41) is 2.14. The van der Waals surface area contributed by atoms with Crippen LogP contribution in [0.15, 0.2) is 22.5 Å². The van der Waals surface area contributed by atoms with Crippen molar-refractivity contribution in [3.05, 3.63) is 22.4 Å². The highest BCUT2D eigenvalue weighted by atomic mass is 32.1. The van der Waals surface area contributed by atoms with Crippen molar-refractivity contribution in [1.29, 1.82) is 0 Å². The highest BCUT2D eigenvalue weighted by molar-refractivity contribution is 7.10. The second-order valence-electron chi connectivity index (χ2n) is 5.61. The summed E-state index contributed by atoms with van der Waals surface area (Å²) in [5.41, 5.74) is 0. The van der Waals surface area contributed by atoms with E-state index in [-0.39, 0.29) is 0 Å². The summed E-state index contributed by atoms with van der Waals surface area (Å²) >= 11 is 1.81. The van der Waals surface area contributed by atoms with E-state index in [1.165, 1.54) is 4.88 Å². The molecule has 0 saturated carbocycles. The number of hydrogen-bond acceptors (Lipinski definition) is 4. The van der Waals surface area contributed by atoms with E-state index in [0.29, 0.717) is 6.04 Å². The van der Waals surface area contributed by atoms with Gasteiger partial charge in [0.15, 0.2) is 5.96 Å². The van der Waals surface area contributed by atoms with Gasteiger partial charge in [0.2, 0.25) is 0 Å². The Labute approximate surface area is 131 Å². The summed E-state index contributed by atoms with van der Waals surface area (Å²) in [7, 11) is 8.14. The van der Waals surface area contributed by atoms with Gasteiger partial charge in [-0.1, -0.05) is 6.07 Å². The van der Waals surface area contributed by atoms with Crippen molar-refractivity contribution in [2.45, 2.75) is 6.04 Å². The first-order chi connectivity index (χ1) is 10.1. The zero-order valence-electron chi connectivity index (χ0n) is 13.5. The molecule has 1 aliphatic heterocycles. The van der Waals surface area contributed by atoms with Gasteiger partial charge < -0.3 is 14.5 Å². The van der Waals surface area contributed by atoms with Gasteiger partial charge in [0.1, 0.15) is 0 Å². The predicted octanol–water partition coefficient (Wildman–Crippen LogP) is 1.60. The van der Waals surface area contributed by atoms with Crippen LogP contribution in [-0.4, -0.2) is 81.7 Å². The molecule has 21 heavy (non-hydrogen) atoms. The van der Waals surface area contributed by atoms with Crippen LogP contribution in [-0.2, 0) is 4.74 Å². The molecule has 2 rings (SSSR count). The molecule has 0 radical (unpaired) electrons. The minimum atomic E-state index is 0.351. The lowest BCUT2D eigenvalue weighted by Crippen LogP contribution is -2.41. The van der Waals surface area contributed by atoms with Crippen molar-refractivity contribution < 1.29 is 4.74 Å². The molecule has 1 unspecified atom stereocenters. The summed E-state index contributed by atoms with van der Waals surface area (Å²) in [6, 6.07) is 4.69. The number of morpholine rings is 1. The molecule has 1 saturated heterocycles. The Morgan fingerprint density at radius 3 is 2.48 bits per heavy atom. The molecular weight excluding hydrogens is 284 g/mol. The van der Waals surface area contributed by atoms with Crippen molar-refractivity contribution in [1.82, 2.24) is 14.7 Å². The van der Waals surface area contributed by atoms with Gasteiger partial charge in [0.05, 0.1) is 25.8 Å². The Balaban J connectivity index is 2.14. The maximum absolute atomic E-state index is 5.48. The molecule has 118 valence electrons. The van der Waals surface area contributed by atoms with Crippen LogP contribution in [0.25, 0.3) is 0 Å². The standard InChI is InChI=1S/C15H26N4OS/c1-17(2)15(18(3)4)16-12-13(14-6-5-11-21-14)19-7-9-20-10-8-19/h5-6,11,13H,7-10,12H2,1-4H3. The molecule has 2 heterocycles. The van der Waals surface area contributed by atoms with Crippen LogP contribution in [0.2, 0.25) is 0 Å². The van der Waals surface area contributed by atoms with E-state index in [2.05, 4.69) is 32.2 Å². The lowest BCUT2D eigenvalue weighted by Gasteiger charge is -2.33. The number of guanidine groups is 1. The van der Waals surface area contributed by atoms with Crippen molar-refractivity contribution in [3.63, 3.8) is 0 Å². The second kappa shape index (κ2) is 7.77. The van der Waals surface area contributed by atoms with Gasteiger partial charge >= 0.3 is 0 Å². The monoisotopic (exact) mass is 310 g/mol. The van der Waals surface area contributed by atoms with Crippen LogP contribution in [0.5, 0.6) is 0 Å². The normalized spacial score (nSPS) is 17.3. The van der Waals surface area contributed by atoms with E-state index in [1.807, 2.05) is 39.5 Å². The molecule has 5 nitrogen and oxygen atoms in total. The highest BCUT2D eigenvalue weighted by Crippen LogP contribution is 2.26. The molecule has 0 amide bonds. The lowest BCUT2D eigenvalue weighted by molar-refractivity contribution is 0.0186. The van der Waals surface area contributed by atoms with Crippen molar-refractivity contribution in [2.24, 2.45) is 4.99 Å². The largest absolute Gasteiger partial charge is 0.379 e. The molecule has 6 heteroatoms. The lowest BCUT2D eigenvalue weighted by atomic mass is 10.2. The number of hydrogen-bond donors (Lipinski definition) is 0. The molecule has 1 atom stereocenters. The third kappa shape index (κ3) is 4.43. The van der Waals surface area contributed by atoms with Gasteiger partial charge in [-0.05, 0) is 11.4 Å². The first-order valence-corrected chi connectivity index (χ1v) is 8.22. The van der Waals surface area contributed by atoms with E-state index >= 15 is 0 Å². The summed E-state index contributed by atoms with van der Waals surface area (Å²) in [6.45, 7) is 4.39. The SMILES string of the molecule is CN(C)C(=NCC(c1cccs1)N1CCOCC1)N(C)C. The van der Waals surface area contributed by atoms with Gasteiger partial charge in [0, 0.05) is 46.2 Å². The zero-order chi connectivity index (χ0) is 15.2.